The molecule has 0 bridgehead atoms. The van der Waals surface area contributed by atoms with E-state index in [9.17, 15) is 14.4 Å². The second-order valence-corrected chi connectivity index (χ2v) is 9.46. The molecule has 0 amide bonds. The lowest BCUT2D eigenvalue weighted by Crippen LogP contribution is -2.26. The highest BCUT2D eigenvalue weighted by molar-refractivity contribution is 6.15. The second kappa shape index (κ2) is 10.1. The Morgan fingerprint density at radius 2 is 1.66 bits per heavy atom. The quantitative estimate of drug-likeness (QED) is 0.206. The number of rotatable bonds is 6. The van der Waals surface area contributed by atoms with Crippen LogP contribution in [0.3, 0.4) is 0 Å². The van der Waals surface area contributed by atoms with Crippen LogP contribution in [0.1, 0.15) is 39.4 Å². The Balaban J connectivity index is 1.47. The lowest BCUT2D eigenvalue weighted by atomic mass is 9.85. The zero-order valence-electron chi connectivity index (χ0n) is 22.7. The maximum Gasteiger partial charge on any atom is 0.312 e. The number of H-pyrrole nitrogens is 1. The number of aromatic amines is 1. The van der Waals surface area contributed by atoms with Crippen molar-refractivity contribution < 1.29 is 38.0 Å². The molecule has 6 rings (SSSR count). The minimum absolute atomic E-state index is 0.0362. The van der Waals surface area contributed by atoms with E-state index >= 15 is 0 Å². The molecule has 0 saturated carbocycles. The van der Waals surface area contributed by atoms with Gasteiger partial charge in [-0.15, -0.1) is 0 Å². The molecule has 2 aliphatic heterocycles. The number of ether oxygens (including phenoxy) is 6. The Kier molecular flexibility index (Phi) is 6.37. The molecule has 41 heavy (non-hydrogen) atoms. The molecule has 0 unspecified atom stereocenters. The zero-order valence-corrected chi connectivity index (χ0v) is 22.7. The molecule has 1 aromatic heterocycles. The van der Waals surface area contributed by atoms with Gasteiger partial charge in [-0.2, -0.15) is 0 Å². The topological polar surface area (TPSA) is 122 Å². The standard InChI is InChI=1S/C31H25NO9/c1-36-17-7-5-15-11-20(31(35)32-21(15)13-17)19-14-25(33)40-22-10-8-18-27(34)24(41-29(18)26(19)22)12-16-6-9-23(37-2)30(39-4)28(16)38-3/h5-13,19H,14H2,1-4H3,(H,32,35)/b24-12-/t19-/m1/s1. The molecule has 3 aromatic carbocycles. The third-order valence-electron chi connectivity index (χ3n) is 7.26. The number of benzene rings is 3. The fourth-order valence-electron chi connectivity index (χ4n) is 5.33. The number of nitrogens with one attached hydrogen (secondary N) is 1. The smallest absolute Gasteiger partial charge is 0.312 e. The van der Waals surface area contributed by atoms with E-state index in [1.54, 1.807) is 55.7 Å². The van der Waals surface area contributed by atoms with Gasteiger partial charge in [-0.1, -0.05) is 0 Å². The van der Waals surface area contributed by atoms with Crippen molar-refractivity contribution >= 4 is 28.7 Å². The summed E-state index contributed by atoms with van der Waals surface area (Å²) in [7, 11) is 6.03. The van der Waals surface area contributed by atoms with Crippen LogP contribution in [-0.2, 0) is 4.79 Å². The number of hydrogen-bond donors (Lipinski definition) is 1. The number of ketones is 1. The van der Waals surface area contributed by atoms with Gasteiger partial charge in [-0.05, 0) is 53.9 Å². The molecule has 0 spiro atoms. The number of pyridine rings is 1. The van der Waals surface area contributed by atoms with E-state index < -0.39 is 11.9 Å². The van der Waals surface area contributed by atoms with E-state index in [4.69, 9.17) is 28.4 Å². The van der Waals surface area contributed by atoms with Gasteiger partial charge in [0.2, 0.25) is 11.5 Å². The summed E-state index contributed by atoms with van der Waals surface area (Å²) in [5, 5.41) is 0.756. The Morgan fingerprint density at radius 3 is 2.39 bits per heavy atom. The lowest BCUT2D eigenvalue weighted by Gasteiger charge is -2.26. The minimum Gasteiger partial charge on any atom is -0.497 e. The maximum atomic E-state index is 13.5. The number of aromatic nitrogens is 1. The van der Waals surface area contributed by atoms with E-state index in [1.165, 1.54) is 21.3 Å². The first kappa shape index (κ1) is 26.0. The van der Waals surface area contributed by atoms with Gasteiger partial charge in [-0.25, -0.2) is 0 Å². The van der Waals surface area contributed by atoms with E-state index in [1.807, 2.05) is 6.07 Å². The Labute approximate surface area is 234 Å². The van der Waals surface area contributed by atoms with Gasteiger partial charge in [0.25, 0.3) is 5.56 Å². The number of carbonyl (C=O) groups is 2. The molecular weight excluding hydrogens is 530 g/mol. The zero-order chi connectivity index (χ0) is 28.8. The molecule has 208 valence electrons. The molecule has 1 atom stereocenters. The number of hydrogen-bond acceptors (Lipinski definition) is 9. The molecule has 2 aliphatic rings. The monoisotopic (exact) mass is 555 g/mol. The number of methoxy groups -OCH3 is 4. The molecule has 4 aromatic rings. The van der Waals surface area contributed by atoms with Gasteiger partial charge in [0, 0.05) is 28.7 Å². The van der Waals surface area contributed by atoms with Gasteiger partial charge in [0.15, 0.2) is 17.3 Å². The van der Waals surface area contributed by atoms with Crippen molar-refractivity contribution in [3.63, 3.8) is 0 Å². The summed E-state index contributed by atoms with van der Waals surface area (Å²) in [5.41, 5.74) is 1.85. The SMILES string of the molecule is COc1ccc2cc([C@H]3CC(=O)Oc4ccc5c(c43)O/C(=C\c3ccc(OC)c(OC)c3OC)C5=O)c(=O)[nH]c2c1. The molecule has 3 heterocycles. The molecule has 0 saturated heterocycles. The fraction of sp³-hybridized carbons (Fsp3) is 0.194. The maximum absolute atomic E-state index is 13.5. The Bertz CT molecular complexity index is 1840. The van der Waals surface area contributed by atoms with E-state index in [0.717, 1.165) is 5.39 Å². The molecule has 10 nitrogen and oxygen atoms in total. The van der Waals surface area contributed by atoms with Crippen molar-refractivity contribution in [1.29, 1.82) is 0 Å². The second-order valence-electron chi connectivity index (χ2n) is 9.46. The van der Waals surface area contributed by atoms with Crippen LogP contribution in [0.4, 0.5) is 0 Å². The van der Waals surface area contributed by atoms with Gasteiger partial charge < -0.3 is 33.4 Å². The van der Waals surface area contributed by atoms with Crippen LogP contribution in [0.5, 0.6) is 34.5 Å². The van der Waals surface area contributed by atoms with Crippen LogP contribution in [0, 0.1) is 0 Å². The van der Waals surface area contributed by atoms with Crippen LogP contribution in [0.2, 0.25) is 0 Å². The number of carbonyl (C=O) groups excluding carboxylic acids is 2. The third-order valence-corrected chi connectivity index (χ3v) is 7.26. The highest BCUT2D eigenvalue weighted by Crippen LogP contribution is 2.49. The Morgan fingerprint density at radius 1 is 0.854 bits per heavy atom. The summed E-state index contributed by atoms with van der Waals surface area (Å²) in [6, 6.07) is 13.6. The summed E-state index contributed by atoms with van der Waals surface area (Å²) < 4.78 is 33.3. The highest BCUT2D eigenvalue weighted by Gasteiger charge is 2.39. The van der Waals surface area contributed by atoms with Crippen LogP contribution in [-0.4, -0.2) is 45.2 Å². The third kappa shape index (κ3) is 4.24. The minimum atomic E-state index is -0.709. The number of fused-ring (bicyclic) bond motifs is 4. The van der Waals surface area contributed by atoms with Crippen LogP contribution in [0.15, 0.2) is 59.1 Å². The van der Waals surface area contributed by atoms with Gasteiger partial charge in [0.1, 0.15) is 17.2 Å². The van der Waals surface area contributed by atoms with Gasteiger partial charge in [0.05, 0.1) is 45.9 Å². The van der Waals surface area contributed by atoms with Crippen LogP contribution >= 0.6 is 0 Å². The van der Waals surface area contributed by atoms with E-state index in [-0.39, 0.29) is 35.0 Å². The largest absolute Gasteiger partial charge is 0.497 e. The Hall–Kier alpha value is -5.25. The van der Waals surface area contributed by atoms with Gasteiger partial charge in [-0.3, -0.25) is 14.4 Å². The van der Waals surface area contributed by atoms with Crippen molar-refractivity contribution in [2.24, 2.45) is 0 Å². The summed E-state index contributed by atoms with van der Waals surface area (Å²) in [6.07, 6.45) is 1.45. The predicted molar refractivity (Wildman–Crippen MR) is 149 cm³/mol. The predicted octanol–water partition coefficient (Wildman–Crippen LogP) is 4.62. The van der Waals surface area contributed by atoms with Crippen molar-refractivity contribution in [1.82, 2.24) is 4.98 Å². The first-order valence-electron chi connectivity index (χ1n) is 12.7. The first-order valence-corrected chi connectivity index (χ1v) is 12.7. The molecular formula is C31H25NO9. The highest BCUT2D eigenvalue weighted by atomic mass is 16.5. The summed E-state index contributed by atoms with van der Waals surface area (Å²) in [5.74, 6) is 0.732. The number of allylic oxidation sites excluding steroid dienone is 1. The van der Waals surface area contributed by atoms with Gasteiger partial charge >= 0.3 is 5.97 Å². The normalized spacial score (nSPS) is 16.6. The average Bonchev–Trinajstić information content (AvgIpc) is 3.30. The van der Waals surface area contributed by atoms with Crippen LogP contribution in [0.25, 0.3) is 17.0 Å². The molecule has 1 N–H and O–H groups in total. The van der Waals surface area contributed by atoms with Crippen molar-refractivity contribution in [2.75, 3.05) is 28.4 Å². The summed E-state index contributed by atoms with van der Waals surface area (Å²) in [6.45, 7) is 0. The van der Waals surface area contributed by atoms with E-state index in [0.29, 0.717) is 50.8 Å². The molecule has 10 heteroatoms. The van der Waals surface area contributed by atoms with Crippen molar-refractivity contribution in [3.8, 4) is 34.5 Å². The molecule has 0 aliphatic carbocycles. The number of esters is 1. The summed E-state index contributed by atoms with van der Waals surface area (Å²) in [4.78, 5) is 42.3. The lowest BCUT2D eigenvalue weighted by molar-refractivity contribution is -0.135. The number of Topliss-reactive ketones (excluding diaryl/α,β-unsaturated/α-hetero) is 1. The first-order chi connectivity index (χ1) is 19.9. The van der Waals surface area contributed by atoms with Crippen molar-refractivity contribution in [2.45, 2.75) is 12.3 Å². The average molecular weight is 556 g/mol. The van der Waals surface area contributed by atoms with Crippen LogP contribution < -0.4 is 34.0 Å². The molecule has 0 radical (unpaired) electrons. The molecule has 0 fully saturated rings. The fourth-order valence-corrected chi connectivity index (χ4v) is 5.33. The van der Waals surface area contributed by atoms with E-state index in [2.05, 4.69) is 4.98 Å². The van der Waals surface area contributed by atoms with Crippen molar-refractivity contribution in [3.05, 3.63) is 86.9 Å². The summed E-state index contributed by atoms with van der Waals surface area (Å²) >= 11 is 0.